The minimum absolute atomic E-state index is 0.0604. The number of urea groups is 1. The first-order chi connectivity index (χ1) is 12.5. The van der Waals surface area contributed by atoms with Crippen LogP contribution in [0.5, 0.6) is 0 Å². The summed E-state index contributed by atoms with van der Waals surface area (Å²) in [4.78, 5) is 15.6. The molecule has 1 aromatic heterocycles. The maximum Gasteiger partial charge on any atom is 0.318 e. The average molecular weight is 372 g/mol. The Morgan fingerprint density at radius 3 is 2.54 bits per heavy atom. The number of furan rings is 1. The van der Waals surface area contributed by atoms with Crippen molar-refractivity contribution in [3.8, 4) is 0 Å². The van der Waals surface area contributed by atoms with Crippen molar-refractivity contribution in [2.45, 2.75) is 31.7 Å². The van der Waals surface area contributed by atoms with E-state index >= 15 is 0 Å². The van der Waals surface area contributed by atoms with E-state index in [2.05, 4.69) is 42.5 Å². The molecule has 5 nitrogen and oxygen atoms in total. The van der Waals surface area contributed by atoms with E-state index in [1.807, 2.05) is 17.0 Å². The molecule has 0 spiro atoms. The number of nitrogens with zero attached hydrogens (tertiary/aromatic N) is 2. The van der Waals surface area contributed by atoms with Gasteiger partial charge in [-0.15, -0.1) is 0 Å². The van der Waals surface area contributed by atoms with Crippen molar-refractivity contribution in [2.75, 3.05) is 26.2 Å². The second-order valence-electron chi connectivity index (χ2n) is 7.55. The lowest BCUT2D eigenvalue weighted by Crippen LogP contribution is -2.45. The van der Waals surface area contributed by atoms with Crippen LogP contribution in [0.25, 0.3) is 11.0 Å². The Balaban J connectivity index is 1.31. The summed E-state index contributed by atoms with van der Waals surface area (Å²) in [7, 11) is 0. The van der Waals surface area contributed by atoms with Gasteiger partial charge in [0, 0.05) is 42.5 Å². The van der Waals surface area contributed by atoms with Crippen LogP contribution >= 0.6 is 11.9 Å². The fourth-order valence-electron chi connectivity index (χ4n) is 3.36. The number of fused-ring (bicyclic) bond motifs is 1. The molecule has 2 aromatic rings. The summed E-state index contributed by atoms with van der Waals surface area (Å²) < 4.78 is 7.78. The molecular formula is C20H25N3O2S. The topological polar surface area (TPSA) is 48.7 Å². The molecule has 2 amide bonds. The molecular weight excluding hydrogens is 346 g/mol. The van der Waals surface area contributed by atoms with E-state index in [0.29, 0.717) is 5.92 Å². The van der Waals surface area contributed by atoms with Gasteiger partial charge in [0.15, 0.2) is 0 Å². The lowest BCUT2D eigenvalue weighted by atomic mass is 10.1. The van der Waals surface area contributed by atoms with Crippen LogP contribution in [-0.2, 0) is 0 Å². The van der Waals surface area contributed by atoms with E-state index in [4.69, 9.17) is 4.42 Å². The van der Waals surface area contributed by atoms with Gasteiger partial charge >= 0.3 is 6.03 Å². The Bertz CT molecular complexity index is 840. The van der Waals surface area contributed by atoms with Crippen LogP contribution in [0.2, 0.25) is 0 Å². The molecule has 1 atom stereocenters. The predicted octanol–water partition coefficient (Wildman–Crippen LogP) is 4.12. The first kappa shape index (κ1) is 17.5. The average Bonchev–Trinajstić information content (AvgIpc) is 3.28. The van der Waals surface area contributed by atoms with E-state index in [1.54, 1.807) is 18.2 Å². The molecule has 0 fully saturated rings. The molecule has 1 aromatic carbocycles. The molecule has 0 saturated heterocycles. The van der Waals surface area contributed by atoms with Gasteiger partial charge in [-0.2, -0.15) is 0 Å². The number of nitrogens with one attached hydrogen (secondary N) is 1. The van der Waals surface area contributed by atoms with Gasteiger partial charge in [-0.25, -0.2) is 9.10 Å². The van der Waals surface area contributed by atoms with E-state index in [1.165, 1.54) is 16.0 Å². The second-order valence-corrected chi connectivity index (χ2v) is 8.73. The Morgan fingerprint density at radius 2 is 1.85 bits per heavy atom. The number of rotatable bonds is 4. The molecule has 0 radical (unpaired) electrons. The van der Waals surface area contributed by atoms with Gasteiger partial charge in [0.2, 0.25) is 0 Å². The molecule has 0 bridgehead atoms. The SMILES string of the molecule is CC(C)C(C)NC(=O)N1CC2=C(CN(Sc3ccc4occc4c3)C2)C1. The van der Waals surface area contributed by atoms with Crippen LogP contribution in [0.4, 0.5) is 4.79 Å². The molecule has 26 heavy (non-hydrogen) atoms. The zero-order chi connectivity index (χ0) is 18.3. The smallest absolute Gasteiger partial charge is 0.318 e. The molecule has 3 heterocycles. The fourth-order valence-corrected chi connectivity index (χ4v) is 4.40. The van der Waals surface area contributed by atoms with Gasteiger partial charge in [-0.05, 0) is 60.2 Å². The summed E-state index contributed by atoms with van der Waals surface area (Å²) in [5.41, 5.74) is 3.72. The number of carbonyl (C=O) groups is 1. The van der Waals surface area contributed by atoms with Crippen LogP contribution in [0.1, 0.15) is 20.8 Å². The van der Waals surface area contributed by atoms with Crippen molar-refractivity contribution >= 4 is 28.9 Å². The van der Waals surface area contributed by atoms with Crippen LogP contribution in [0.3, 0.4) is 0 Å². The number of benzene rings is 1. The highest BCUT2D eigenvalue weighted by Crippen LogP contribution is 2.34. The van der Waals surface area contributed by atoms with Crippen molar-refractivity contribution in [1.29, 1.82) is 0 Å². The third-order valence-corrected chi connectivity index (χ3v) is 6.28. The monoisotopic (exact) mass is 371 g/mol. The summed E-state index contributed by atoms with van der Waals surface area (Å²) >= 11 is 1.78. The second kappa shape index (κ2) is 7.00. The van der Waals surface area contributed by atoms with Crippen molar-refractivity contribution in [2.24, 2.45) is 5.92 Å². The largest absolute Gasteiger partial charge is 0.464 e. The minimum atomic E-state index is 0.0604. The molecule has 138 valence electrons. The number of hydrogen-bond donors (Lipinski definition) is 1. The normalized spacial score (nSPS) is 18.8. The number of amides is 2. The maximum absolute atomic E-state index is 12.4. The highest BCUT2D eigenvalue weighted by atomic mass is 32.2. The lowest BCUT2D eigenvalue weighted by Gasteiger charge is -2.25. The first-order valence-corrected chi connectivity index (χ1v) is 9.92. The van der Waals surface area contributed by atoms with E-state index < -0.39 is 0 Å². The van der Waals surface area contributed by atoms with Crippen LogP contribution in [0, 0.1) is 5.92 Å². The van der Waals surface area contributed by atoms with Crippen molar-refractivity contribution in [3.05, 3.63) is 41.7 Å². The zero-order valence-corrected chi connectivity index (χ0v) is 16.3. The van der Waals surface area contributed by atoms with Gasteiger partial charge in [-0.3, -0.25) is 0 Å². The Morgan fingerprint density at radius 1 is 1.12 bits per heavy atom. The summed E-state index contributed by atoms with van der Waals surface area (Å²) in [5, 5.41) is 4.24. The molecule has 2 aliphatic heterocycles. The van der Waals surface area contributed by atoms with E-state index in [-0.39, 0.29) is 12.1 Å². The maximum atomic E-state index is 12.4. The summed E-state index contributed by atoms with van der Waals surface area (Å²) in [6.45, 7) is 9.68. The van der Waals surface area contributed by atoms with Crippen molar-refractivity contribution in [1.82, 2.24) is 14.5 Å². The fraction of sp³-hybridized carbons (Fsp3) is 0.450. The van der Waals surface area contributed by atoms with E-state index in [9.17, 15) is 4.79 Å². The van der Waals surface area contributed by atoms with E-state index in [0.717, 1.165) is 37.1 Å². The Kier molecular flexibility index (Phi) is 4.71. The standard InChI is InChI=1S/C20H25N3O2S/c1-13(2)14(3)21-20(24)22-9-16-11-23(12-17(16)10-22)26-18-4-5-19-15(8-18)6-7-25-19/h4-8,13-14H,9-12H2,1-3H3,(H,21,24). The van der Waals surface area contributed by atoms with Gasteiger partial charge in [0.05, 0.1) is 6.26 Å². The highest BCUT2D eigenvalue weighted by Gasteiger charge is 2.33. The quantitative estimate of drug-likeness (QED) is 0.649. The molecule has 1 N–H and O–H groups in total. The molecule has 2 aliphatic rings. The zero-order valence-electron chi connectivity index (χ0n) is 15.5. The minimum Gasteiger partial charge on any atom is -0.464 e. The number of hydrogen-bond acceptors (Lipinski definition) is 4. The van der Waals surface area contributed by atoms with Gasteiger partial charge in [-0.1, -0.05) is 13.8 Å². The molecule has 1 unspecified atom stereocenters. The Hall–Kier alpha value is -1.92. The molecule has 0 aliphatic carbocycles. The predicted molar refractivity (Wildman–Crippen MR) is 105 cm³/mol. The Labute approximate surface area is 158 Å². The van der Waals surface area contributed by atoms with Gasteiger partial charge in [0.1, 0.15) is 5.58 Å². The first-order valence-electron chi connectivity index (χ1n) is 9.15. The summed E-state index contributed by atoms with van der Waals surface area (Å²) in [6.07, 6.45) is 1.73. The summed E-state index contributed by atoms with van der Waals surface area (Å²) in [5.74, 6) is 0.445. The van der Waals surface area contributed by atoms with Gasteiger partial charge in [0.25, 0.3) is 0 Å². The number of carbonyl (C=O) groups excluding carboxylic acids is 1. The van der Waals surface area contributed by atoms with Gasteiger partial charge < -0.3 is 14.6 Å². The van der Waals surface area contributed by atoms with Crippen molar-refractivity contribution in [3.63, 3.8) is 0 Å². The highest BCUT2D eigenvalue weighted by molar-refractivity contribution is 7.97. The third kappa shape index (κ3) is 3.48. The molecule has 4 rings (SSSR count). The van der Waals surface area contributed by atoms with Crippen LogP contribution < -0.4 is 5.32 Å². The molecule has 6 heteroatoms. The van der Waals surface area contributed by atoms with Crippen LogP contribution in [0.15, 0.2) is 51.0 Å². The molecule has 0 saturated carbocycles. The third-order valence-electron chi connectivity index (χ3n) is 5.29. The summed E-state index contributed by atoms with van der Waals surface area (Å²) in [6, 6.07) is 8.55. The van der Waals surface area contributed by atoms with Crippen LogP contribution in [-0.4, -0.2) is 47.5 Å². The lowest BCUT2D eigenvalue weighted by molar-refractivity contribution is 0.201. The van der Waals surface area contributed by atoms with Crippen molar-refractivity contribution < 1.29 is 9.21 Å².